The quantitative estimate of drug-likeness (QED) is 0.271. The molecule has 10 heteroatoms. The van der Waals surface area contributed by atoms with Crippen molar-refractivity contribution in [1.82, 2.24) is 9.97 Å². The SMILES string of the molecule is CCC(=O)Nc1nc(Oc2ccc(F)c(F)c2)c(-c2ccc(Cl)cc2)c(-c2ccc(Cl)cc2Cl)n1. The van der Waals surface area contributed by atoms with E-state index in [1.54, 1.807) is 49.4 Å². The molecule has 1 amide bonds. The molecule has 4 aromatic rings. The Balaban J connectivity index is 2.00. The van der Waals surface area contributed by atoms with E-state index in [1.807, 2.05) is 0 Å². The van der Waals surface area contributed by atoms with Crippen LogP contribution in [-0.2, 0) is 4.79 Å². The number of rotatable bonds is 6. The van der Waals surface area contributed by atoms with Crippen molar-refractivity contribution in [2.75, 3.05) is 5.32 Å². The summed E-state index contributed by atoms with van der Waals surface area (Å²) >= 11 is 18.7. The Morgan fingerprint density at radius 3 is 2.29 bits per heavy atom. The summed E-state index contributed by atoms with van der Waals surface area (Å²) in [6.45, 7) is 1.67. The monoisotopic (exact) mass is 533 g/mol. The van der Waals surface area contributed by atoms with E-state index in [0.29, 0.717) is 32.4 Å². The average molecular weight is 535 g/mol. The van der Waals surface area contributed by atoms with Gasteiger partial charge in [0.05, 0.1) is 16.3 Å². The van der Waals surface area contributed by atoms with Crippen molar-refractivity contribution in [3.8, 4) is 34.0 Å². The predicted molar refractivity (Wildman–Crippen MR) is 133 cm³/mol. The maximum absolute atomic E-state index is 13.9. The Hall–Kier alpha value is -3.26. The second-order valence-corrected chi connectivity index (χ2v) is 8.57. The third kappa shape index (κ3) is 5.70. The molecule has 0 fully saturated rings. The number of carbonyl (C=O) groups is 1. The van der Waals surface area contributed by atoms with Crippen LogP contribution in [0.25, 0.3) is 22.4 Å². The van der Waals surface area contributed by atoms with Gasteiger partial charge in [-0.1, -0.05) is 53.9 Å². The minimum atomic E-state index is -1.09. The van der Waals surface area contributed by atoms with Crippen LogP contribution in [0.2, 0.25) is 15.1 Å². The molecule has 0 saturated heterocycles. The lowest BCUT2D eigenvalue weighted by Crippen LogP contribution is -2.13. The number of nitrogens with one attached hydrogen (secondary N) is 1. The maximum Gasteiger partial charge on any atom is 0.233 e. The molecule has 0 unspecified atom stereocenters. The van der Waals surface area contributed by atoms with E-state index in [2.05, 4.69) is 15.3 Å². The van der Waals surface area contributed by atoms with Gasteiger partial charge < -0.3 is 4.74 Å². The summed E-state index contributed by atoms with van der Waals surface area (Å²) in [7, 11) is 0. The third-order valence-electron chi connectivity index (χ3n) is 4.87. The summed E-state index contributed by atoms with van der Waals surface area (Å²) in [5.74, 6) is -2.56. The van der Waals surface area contributed by atoms with Crippen molar-refractivity contribution in [3.63, 3.8) is 0 Å². The van der Waals surface area contributed by atoms with Crippen LogP contribution >= 0.6 is 34.8 Å². The van der Waals surface area contributed by atoms with Gasteiger partial charge in [0.25, 0.3) is 0 Å². The molecule has 1 aromatic heterocycles. The summed E-state index contributed by atoms with van der Waals surface area (Å²) in [6.07, 6.45) is 0.179. The average Bonchev–Trinajstić information content (AvgIpc) is 2.82. The zero-order chi connectivity index (χ0) is 25.1. The summed E-state index contributed by atoms with van der Waals surface area (Å²) < 4.78 is 33.3. The molecular weight excluding hydrogens is 519 g/mol. The fourth-order valence-electron chi connectivity index (χ4n) is 3.19. The van der Waals surface area contributed by atoms with Crippen LogP contribution in [0, 0.1) is 11.6 Å². The molecule has 0 saturated carbocycles. The van der Waals surface area contributed by atoms with Crippen molar-refractivity contribution in [3.05, 3.63) is 87.4 Å². The Morgan fingerprint density at radius 2 is 1.63 bits per heavy atom. The maximum atomic E-state index is 13.9. The summed E-state index contributed by atoms with van der Waals surface area (Å²) in [5.41, 5.74) is 1.77. The number of aromatic nitrogens is 2. The molecule has 1 N–H and O–H groups in total. The Morgan fingerprint density at radius 1 is 0.914 bits per heavy atom. The van der Waals surface area contributed by atoms with Crippen molar-refractivity contribution in [2.24, 2.45) is 0 Å². The first-order valence-corrected chi connectivity index (χ1v) is 11.4. The van der Waals surface area contributed by atoms with Gasteiger partial charge in [0.1, 0.15) is 5.75 Å². The lowest BCUT2D eigenvalue weighted by atomic mass is 10.00. The number of carbonyl (C=O) groups excluding carboxylic acids is 1. The van der Waals surface area contributed by atoms with Crippen LogP contribution in [0.15, 0.2) is 60.7 Å². The largest absolute Gasteiger partial charge is 0.438 e. The van der Waals surface area contributed by atoms with Crippen LogP contribution in [0.3, 0.4) is 0 Å². The normalized spacial score (nSPS) is 10.8. The van der Waals surface area contributed by atoms with Gasteiger partial charge in [0.2, 0.25) is 17.7 Å². The molecule has 0 atom stereocenters. The van der Waals surface area contributed by atoms with Gasteiger partial charge in [0, 0.05) is 28.1 Å². The van der Waals surface area contributed by atoms with Crippen molar-refractivity contribution in [1.29, 1.82) is 0 Å². The predicted octanol–water partition coefficient (Wildman–Crippen LogP) is 8.19. The second-order valence-electron chi connectivity index (χ2n) is 7.29. The lowest BCUT2D eigenvalue weighted by molar-refractivity contribution is -0.115. The highest BCUT2D eigenvalue weighted by atomic mass is 35.5. The van der Waals surface area contributed by atoms with Gasteiger partial charge in [-0.25, -0.2) is 13.8 Å². The molecule has 0 spiro atoms. The zero-order valence-corrected chi connectivity index (χ0v) is 20.3. The fourth-order valence-corrected chi connectivity index (χ4v) is 3.81. The second kappa shape index (κ2) is 10.6. The molecule has 1 heterocycles. The molecule has 35 heavy (non-hydrogen) atoms. The first-order chi connectivity index (χ1) is 16.7. The van der Waals surface area contributed by atoms with Crippen LogP contribution in [0.5, 0.6) is 11.6 Å². The smallest absolute Gasteiger partial charge is 0.233 e. The van der Waals surface area contributed by atoms with Crippen LogP contribution in [0.1, 0.15) is 13.3 Å². The van der Waals surface area contributed by atoms with E-state index in [9.17, 15) is 13.6 Å². The highest BCUT2D eigenvalue weighted by molar-refractivity contribution is 6.36. The number of hydrogen-bond acceptors (Lipinski definition) is 4. The Kier molecular flexibility index (Phi) is 7.50. The summed E-state index contributed by atoms with van der Waals surface area (Å²) in [5, 5.41) is 3.80. The first-order valence-electron chi connectivity index (χ1n) is 10.3. The van der Waals surface area contributed by atoms with E-state index < -0.39 is 11.6 Å². The molecule has 0 aliphatic heterocycles. The molecular formula is C25H16Cl3F2N3O2. The molecule has 3 aromatic carbocycles. The van der Waals surface area contributed by atoms with Crippen molar-refractivity contribution in [2.45, 2.75) is 13.3 Å². The van der Waals surface area contributed by atoms with Crippen LogP contribution in [0.4, 0.5) is 14.7 Å². The van der Waals surface area contributed by atoms with Crippen LogP contribution in [-0.4, -0.2) is 15.9 Å². The first kappa shape index (κ1) is 24.9. The van der Waals surface area contributed by atoms with E-state index >= 15 is 0 Å². The molecule has 0 radical (unpaired) electrons. The standard InChI is InChI=1S/C25H16Cl3F2N3O2/c1-2-21(34)31-25-32-23(17-9-7-15(27)11-18(17)28)22(13-3-5-14(26)6-4-13)24(33-25)35-16-8-10-19(29)20(30)12-16/h3-12H,2H2,1H3,(H,31,32,33,34). The number of anilines is 1. The Bertz CT molecular complexity index is 1420. The van der Waals surface area contributed by atoms with Gasteiger partial charge >= 0.3 is 0 Å². The number of ether oxygens (including phenoxy) is 1. The topological polar surface area (TPSA) is 64.1 Å². The molecule has 0 aliphatic rings. The van der Waals surface area contributed by atoms with Gasteiger partial charge in [-0.15, -0.1) is 0 Å². The lowest BCUT2D eigenvalue weighted by Gasteiger charge is -2.17. The van der Waals surface area contributed by atoms with Gasteiger partial charge in [-0.2, -0.15) is 4.98 Å². The van der Waals surface area contributed by atoms with Crippen molar-refractivity contribution < 1.29 is 18.3 Å². The minimum absolute atomic E-state index is 0.0151. The molecule has 178 valence electrons. The highest BCUT2D eigenvalue weighted by Gasteiger charge is 2.22. The van der Waals surface area contributed by atoms with Gasteiger partial charge in [-0.3, -0.25) is 10.1 Å². The van der Waals surface area contributed by atoms with E-state index in [4.69, 9.17) is 39.5 Å². The highest BCUT2D eigenvalue weighted by Crippen LogP contribution is 2.42. The molecule has 5 nitrogen and oxygen atoms in total. The molecule has 0 aliphatic carbocycles. The van der Waals surface area contributed by atoms with Crippen LogP contribution < -0.4 is 10.1 Å². The number of amides is 1. The van der Waals surface area contributed by atoms with E-state index in [-0.39, 0.29) is 34.9 Å². The number of halogens is 5. The summed E-state index contributed by atoms with van der Waals surface area (Å²) in [4.78, 5) is 21.0. The van der Waals surface area contributed by atoms with Crippen molar-refractivity contribution >= 4 is 46.7 Å². The molecule has 4 rings (SSSR count). The zero-order valence-electron chi connectivity index (χ0n) is 18.1. The molecule has 0 bridgehead atoms. The number of benzene rings is 3. The number of nitrogens with zero attached hydrogens (tertiary/aromatic N) is 2. The van der Waals surface area contributed by atoms with E-state index in [0.717, 1.165) is 12.1 Å². The van der Waals surface area contributed by atoms with Gasteiger partial charge in [-0.05, 0) is 48.0 Å². The Labute approximate surface area is 214 Å². The van der Waals surface area contributed by atoms with E-state index in [1.165, 1.54) is 6.07 Å². The number of hydrogen-bond donors (Lipinski definition) is 1. The fraction of sp³-hybridized carbons (Fsp3) is 0.0800. The van der Waals surface area contributed by atoms with Gasteiger partial charge in [0.15, 0.2) is 11.6 Å². The summed E-state index contributed by atoms with van der Waals surface area (Å²) in [6, 6.07) is 14.7. The third-order valence-corrected chi connectivity index (χ3v) is 5.67. The minimum Gasteiger partial charge on any atom is -0.438 e.